The van der Waals surface area contributed by atoms with Crippen LogP contribution in [0.1, 0.15) is 44.2 Å². The molecule has 0 fully saturated rings. The Labute approximate surface area is 423 Å². The normalized spacial score (nSPS) is 15.5. The van der Waals surface area contributed by atoms with Crippen molar-refractivity contribution in [2.75, 3.05) is 11.8 Å². The molecule has 324 valence electrons. The molecule has 11 aromatic rings. The van der Waals surface area contributed by atoms with Gasteiger partial charge >= 0.3 is 6.85 Å². The second kappa shape index (κ2) is 15.6. The fraction of sp³-hybridized carbons (Fsp3) is 0.0847. The molecular formula is C59H42BN5OPt-2. The molecule has 6 nitrogen and oxygen atoms in total. The predicted octanol–water partition coefficient (Wildman–Crippen LogP) is 11.8. The topological polar surface area (TPSA) is 39.1 Å². The van der Waals surface area contributed by atoms with Gasteiger partial charge in [0, 0.05) is 48.4 Å². The van der Waals surface area contributed by atoms with Gasteiger partial charge in [-0.15, -0.1) is 29.7 Å². The summed E-state index contributed by atoms with van der Waals surface area (Å²) in [7, 11) is 0. The quantitative estimate of drug-likeness (QED) is 0.0946. The van der Waals surface area contributed by atoms with Crippen LogP contribution in [-0.2, 0) is 26.5 Å². The fourth-order valence-corrected chi connectivity index (χ4v) is 9.74. The molecule has 0 atom stereocenters. The summed E-state index contributed by atoms with van der Waals surface area (Å²) in [5, 5.41) is 1.91. The first kappa shape index (κ1) is 29.2. The number of pyridine rings is 1. The Morgan fingerprint density at radius 2 is 1.40 bits per heavy atom. The van der Waals surface area contributed by atoms with E-state index in [4.69, 9.17) is 17.9 Å². The van der Waals surface area contributed by atoms with E-state index in [1.165, 1.54) is 10.9 Å². The van der Waals surface area contributed by atoms with E-state index in [2.05, 4.69) is 49.9 Å². The first-order valence-corrected chi connectivity index (χ1v) is 21.5. The molecule has 0 spiro atoms. The SMILES string of the molecule is [2H]c1c([2H])c([2H])c(-c2cccc(-c3c([2H])c([2H])c([2H])c([2H])c3[2H])c2-[n+]2[c-]n3c4c5c(ccc42)-c2ccccc2B5N(C([2H])([2H])[2H])c2ccc(Oc4[c-]c5c(cc4)c4ccccc4n5-c4cc(C(C)(C)C)ccn4)[c-]c2-3)c([2H])c1[2H].[Pt]. The largest absolute Gasteiger partial charge is 0.510 e. The Kier molecular flexibility index (Phi) is 6.80. The van der Waals surface area contributed by atoms with Gasteiger partial charge in [0.15, 0.2) is 0 Å². The van der Waals surface area contributed by atoms with Crippen LogP contribution in [0.4, 0.5) is 5.69 Å². The van der Waals surface area contributed by atoms with Crippen LogP contribution in [0.5, 0.6) is 11.5 Å². The van der Waals surface area contributed by atoms with Crippen LogP contribution >= 0.6 is 0 Å². The van der Waals surface area contributed by atoms with E-state index in [1.807, 2.05) is 78.9 Å². The smallest absolute Gasteiger partial charge is 0.308 e. The Morgan fingerprint density at radius 3 is 2.16 bits per heavy atom. The number of benzene rings is 8. The van der Waals surface area contributed by atoms with Gasteiger partial charge in [0.1, 0.15) is 5.82 Å². The van der Waals surface area contributed by atoms with Crippen LogP contribution in [0, 0.1) is 18.5 Å². The van der Waals surface area contributed by atoms with Crippen molar-refractivity contribution >= 4 is 56.3 Å². The number of rotatable bonds is 6. The standard InChI is InChI=1S/C59H42BN5O.Pt/c1-59(2,3)40-32-33-61-55(34-40)65-50-25-14-12-21-46(50)47-28-26-41(35-53(47)65)66-42-27-30-51-54(36-42)64-37-63(52-31-29-48-45-20-11-13-24-49(45)60(62(51)4)56(48)58(52)64)57-43(38-16-7-5-8-17-38)22-15-23-44(57)39-18-9-6-10-19-39;/h5-34H,1-4H3;/q-2;/i4D3,5D,6D,7D,8D,9D,10D,16D,17D,18D,19D;. The van der Waals surface area contributed by atoms with Gasteiger partial charge in [-0.2, -0.15) is 12.1 Å². The molecule has 0 bridgehead atoms. The van der Waals surface area contributed by atoms with Crippen LogP contribution in [0.25, 0.3) is 83.4 Å². The summed E-state index contributed by atoms with van der Waals surface area (Å²) in [6.07, 6.45) is 5.28. The summed E-state index contributed by atoms with van der Waals surface area (Å²) in [6.45, 7) is 2.77. The molecule has 8 aromatic carbocycles. The molecule has 0 amide bonds. The number of nitrogens with zero attached hydrogens (tertiary/aromatic N) is 5. The van der Waals surface area contributed by atoms with Gasteiger partial charge in [0.2, 0.25) is 0 Å². The molecule has 0 aliphatic carbocycles. The van der Waals surface area contributed by atoms with Gasteiger partial charge in [0.05, 0.1) is 30.4 Å². The van der Waals surface area contributed by atoms with E-state index < -0.39 is 74.2 Å². The molecule has 67 heavy (non-hydrogen) atoms. The van der Waals surface area contributed by atoms with Crippen LogP contribution in [0.2, 0.25) is 0 Å². The van der Waals surface area contributed by atoms with Gasteiger partial charge in [0.25, 0.3) is 6.33 Å². The van der Waals surface area contributed by atoms with Crippen molar-refractivity contribution < 1.29 is 48.2 Å². The van der Waals surface area contributed by atoms with Crippen molar-refractivity contribution in [1.29, 1.82) is 0 Å². The number of imidazole rings is 1. The maximum Gasteiger partial charge on any atom is 0.308 e. The fourth-order valence-electron chi connectivity index (χ4n) is 9.74. The maximum atomic E-state index is 9.22. The second-order valence-electron chi connectivity index (χ2n) is 17.5. The molecule has 13 rings (SSSR count). The van der Waals surface area contributed by atoms with E-state index in [-0.39, 0.29) is 71.5 Å². The molecule has 8 heteroatoms. The summed E-state index contributed by atoms with van der Waals surface area (Å²) in [6, 6.07) is 36.2. The third-order valence-electron chi connectivity index (χ3n) is 12.7. The third-order valence-corrected chi connectivity index (χ3v) is 12.7. The number of fused-ring (bicyclic) bond motifs is 8. The predicted molar refractivity (Wildman–Crippen MR) is 268 cm³/mol. The second-order valence-corrected chi connectivity index (χ2v) is 17.5. The molecule has 0 unspecified atom stereocenters. The van der Waals surface area contributed by atoms with E-state index in [0.29, 0.717) is 39.0 Å². The number of anilines is 1. The van der Waals surface area contributed by atoms with E-state index in [1.54, 1.807) is 39.6 Å². The molecule has 0 N–H and O–H groups in total. The van der Waals surface area contributed by atoms with Crippen LogP contribution in [0.15, 0.2) is 182 Å². The zero-order chi connectivity index (χ0) is 55.5. The maximum absolute atomic E-state index is 9.22. The third kappa shape index (κ3) is 6.36. The van der Waals surface area contributed by atoms with Crippen LogP contribution in [0.3, 0.4) is 0 Å². The molecule has 2 aliphatic heterocycles. The number of para-hydroxylation sites is 2. The molecule has 0 saturated heterocycles. The van der Waals surface area contributed by atoms with Crippen molar-refractivity contribution in [3.05, 3.63) is 206 Å². The summed E-state index contributed by atoms with van der Waals surface area (Å²) in [5.74, 6) is 1.21. The number of hydrogen-bond donors (Lipinski definition) is 0. The summed E-state index contributed by atoms with van der Waals surface area (Å²) in [5.41, 5.74) is 6.46. The van der Waals surface area contributed by atoms with Crippen LogP contribution in [-0.4, -0.2) is 27.9 Å². The van der Waals surface area contributed by atoms with Gasteiger partial charge < -0.3 is 18.7 Å². The minimum Gasteiger partial charge on any atom is -0.510 e. The van der Waals surface area contributed by atoms with Crippen molar-refractivity contribution in [2.24, 2.45) is 0 Å². The zero-order valence-electron chi connectivity index (χ0n) is 49.1. The first-order valence-electron chi connectivity index (χ1n) is 28.0. The average molecular weight is 1060 g/mol. The zero-order valence-corrected chi connectivity index (χ0v) is 38.4. The van der Waals surface area contributed by atoms with Crippen molar-refractivity contribution in [3.63, 3.8) is 0 Å². The van der Waals surface area contributed by atoms with Crippen molar-refractivity contribution in [2.45, 2.75) is 26.2 Å². The summed E-state index contributed by atoms with van der Waals surface area (Å²) in [4.78, 5) is 6.22. The Bertz CT molecular complexity index is 4350. The molecule has 0 radical (unpaired) electrons. The van der Waals surface area contributed by atoms with Crippen LogP contribution < -0.4 is 25.0 Å². The molecular weight excluding hydrogens is 1000 g/mol. The Balaban J connectivity index is 0.00000637. The Hall–Kier alpha value is -7.47. The minimum atomic E-state index is -2.75. The molecule has 0 saturated carbocycles. The summed E-state index contributed by atoms with van der Waals surface area (Å²) >= 11 is 0. The van der Waals surface area contributed by atoms with E-state index in [0.717, 1.165) is 33.0 Å². The van der Waals surface area contributed by atoms with E-state index in [9.17, 15) is 9.60 Å². The monoisotopic (exact) mass is 1060 g/mol. The summed E-state index contributed by atoms with van der Waals surface area (Å²) < 4.78 is 128. The van der Waals surface area contributed by atoms with Gasteiger partial charge in [-0.25, -0.2) is 4.98 Å². The van der Waals surface area contributed by atoms with Gasteiger partial charge in [-0.3, -0.25) is 4.57 Å². The molecule has 5 heterocycles. The minimum absolute atomic E-state index is 0. The number of ether oxygens (including phenoxy) is 1. The first-order chi connectivity index (χ1) is 37.6. The Morgan fingerprint density at radius 1 is 0.701 bits per heavy atom. The molecule has 2 aliphatic rings. The number of aromatic nitrogens is 4. The van der Waals surface area contributed by atoms with Crippen molar-refractivity contribution in [1.82, 2.24) is 14.1 Å². The van der Waals surface area contributed by atoms with Crippen molar-refractivity contribution in [3.8, 4) is 62.1 Å². The molecule has 3 aromatic heterocycles. The van der Waals surface area contributed by atoms with E-state index >= 15 is 0 Å². The van der Waals surface area contributed by atoms with Gasteiger partial charge in [-0.05, 0) is 91.5 Å². The average Bonchev–Trinajstić information content (AvgIpc) is 4.28. The van der Waals surface area contributed by atoms with Gasteiger partial charge in [-0.1, -0.05) is 165 Å². The number of hydrogen-bond acceptors (Lipinski definition) is 3.